The van der Waals surface area contributed by atoms with Crippen molar-refractivity contribution in [2.45, 2.75) is 25.6 Å². The van der Waals surface area contributed by atoms with Gasteiger partial charge in [0.15, 0.2) is 5.54 Å². The number of hydrogen-bond acceptors (Lipinski definition) is 5. The molecule has 1 unspecified atom stereocenters. The third-order valence-electron chi connectivity index (χ3n) is 2.40. The molecule has 5 nitrogen and oxygen atoms in total. The zero-order valence-electron chi connectivity index (χ0n) is 10.5. The van der Waals surface area contributed by atoms with E-state index in [0.717, 1.165) is 0 Å². The minimum absolute atomic E-state index is 0.0579. The summed E-state index contributed by atoms with van der Waals surface area (Å²) in [6, 6.07) is 0. The van der Waals surface area contributed by atoms with Gasteiger partial charge in [-0.3, -0.25) is 15.3 Å². The van der Waals surface area contributed by atoms with E-state index < -0.39 is 24.2 Å². The van der Waals surface area contributed by atoms with Gasteiger partial charge >= 0.3 is 12.1 Å². The van der Waals surface area contributed by atoms with Gasteiger partial charge in [-0.25, -0.2) is 4.79 Å². The topological polar surface area (TPSA) is 64.1 Å². The van der Waals surface area contributed by atoms with Gasteiger partial charge in [-0.1, -0.05) is 0 Å². The summed E-state index contributed by atoms with van der Waals surface area (Å²) in [5.74, 6) is -0.834. The minimum Gasteiger partial charge on any atom is -0.464 e. The number of rotatable bonds is 5. The Bertz CT molecular complexity index is 425. The average Bonchev–Trinajstić information content (AvgIpc) is 2.36. The van der Waals surface area contributed by atoms with Gasteiger partial charge in [0.25, 0.3) is 0 Å². The molecule has 1 aromatic rings. The van der Waals surface area contributed by atoms with E-state index in [1.165, 1.54) is 25.5 Å². The highest BCUT2D eigenvalue weighted by atomic mass is 19.4. The van der Waals surface area contributed by atoms with Gasteiger partial charge in [0.1, 0.15) is 0 Å². The van der Waals surface area contributed by atoms with Crippen LogP contribution in [0.25, 0.3) is 0 Å². The Morgan fingerprint density at radius 2 is 2.11 bits per heavy atom. The van der Waals surface area contributed by atoms with Crippen LogP contribution in [0.1, 0.15) is 19.5 Å². The molecule has 0 aliphatic carbocycles. The fourth-order valence-electron chi connectivity index (χ4n) is 1.38. The van der Waals surface area contributed by atoms with E-state index >= 15 is 0 Å². The third-order valence-corrected chi connectivity index (χ3v) is 2.40. The van der Waals surface area contributed by atoms with E-state index in [0.29, 0.717) is 0 Å². The minimum atomic E-state index is -4.45. The highest BCUT2D eigenvalue weighted by Crippen LogP contribution is 2.22. The molecule has 1 heterocycles. The van der Waals surface area contributed by atoms with Gasteiger partial charge in [-0.05, 0) is 13.8 Å². The summed E-state index contributed by atoms with van der Waals surface area (Å²) in [4.78, 5) is 19.5. The summed E-state index contributed by atoms with van der Waals surface area (Å²) < 4.78 is 41.7. The smallest absolute Gasteiger partial charge is 0.401 e. The summed E-state index contributed by atoms with van der Waals surface area (Å²) in [7, 11) is 0. The summed E-state index contributed by atoms with van der Waals surface area (Å²) in [5.41, 5.74) is -1.63. The van der Waals surface area contributed by atoms with Crippen LogP contribution in [0.5, 0.6) is 0 Å². The Morgan fingerprint density at radius 1 is 1.42 bits per heavy atom. The van der Waals surface area contributed by atoms with Crippen molar-refractivity contribution in [3.05, 3.63) is 24.3 Å². The van der Waals surface area contributed by atoms with Gasteiger partial charge in [0, 0.05) is 12.4 Å². The SMILES string of the molecule is CCOC(=O)C(C)(NCC(F)(F)F)c1cnccn1. The van der Waals surface area contributed by atoms with Crippen molar-refractivity contribution in [2.75, 3.05) is 13.2 Å². The number of nitrogens with zero attached hydrogens (tertiary/aromatic N) is 2. The summed E-state index contributed by atoms with van der Waals surface area (Å²) in [5, 5.41) is 2.13. The molecule has 0 aromatic carbocycles. The molecule has 0 amide bonds. The first-order valence-corrected chi connectivity index (χ1v) is 5.55. The van der Waals surface area contributed by atoms with Crippen LogP contribution < -0.4 is 5.32 Å². The molecule has 0 spiro atoms. The lowest BCUT2D eigenvalue weighted by molar-refractivity contribution is -0.155. The van der Waals surface area contributed by atoms with Crippen molar-refractivity contribution in [1.82, 2.24) is 15.3 Å². The Morgan fingerprint density at radius 3 is 2.58 bits per heavy atom. The van der Waals surface area contributed by atoms with Crippen molar-refractivity contribution >= 4 is 5.97 Å². The fourth-order valence-corrected chi connectivity index (χ4v) is 1.38. The molecular weight excluding hydrogens is 263 g/mol. The van der Waals surface area contributed by atoms with Gasteiger partial charge < -0.3 is 4.74 Å². The second-order valence-corrected chi connectivity index (χ2v) is 3.90. The van der Waals surface area contributed by atoms with E-state index in [4.69, 9.17) is 4.74 Å². The third kappa shape index (κ3) is 4.16. The molecule has 19 heavy (non-hydrogen) atoms. The number of ether oxygens (including phenoxy) is 1. The van der Waals surface area contributed by atoms with Gasteiger partial charge in [0.05, 0.1) is 25.0 Å². The number of aromatic nitrogens is 2. The first kappa shape index (κ1) is 15.4. The lowest BCUT2D eigenvalue weighted by Gasteiger charge is -2.28. The van der Waals surface area contributed by atoms with Crippen molar-refractivity contribution < 1.29 is 22.7 Å². The van der Waals surface area contributed by atoms with Crippen molar-refractivity contribution in [2.24, 2.45) is 0 Å². The Labute approximate surface area is 108 Å². The molecule has 0 aliphatic heterocycles. The fraction of sp³-hybridized carbons (Fsp3) is 0.545. The maximum Gasteiger partial charge on any atom is 0.401 e. The molecule has 0 fully saturated rings. The largest absolute Gasteiger partial charge is 0.464 e. The molecule has 1 aromatic heterocycles. The van der Waals surface area contributed by atoms with Gasteiger partial charge in [0.2, 0.25) is 0 Å². The Hall–Kier alpha value is -1.70. The van der Waals surface area contributed by atoms with Crippen LogP contribution in [0.3, 0.4) is 0 Å². The van der Waals surface area contributed by atoms with Crippen molar-refractivity contribution in [3.8, 4) is 0 Å². The molecule has 1 N–H and O–H groups in total. The summed E-state index contributed by atoms with van der Waals surface area (Å²) in [6.07, 6.45) is -0.572. The lowest BCUT2D eigenvalue weighted by Crippen LogP contribution is -2.51. The quantitative estimate of drug-likeness (QED) is 0.824. The number of halogens is 3. The van der Waals surface area contributed by atoms with Crippen LogP contribution in [0, 0.1) is 0 Å². The standard InChI is InChI=1S/C11H14F3N3O2/c1-3-19-9(18)10(2,17-7-11(12,13)14)8-6-15-4-5-16-8/h4-6,17H,3,7H2,1-2H3. The molecule has 1 rings (SSSR count). The van der Waals surface area contributed by atoms with Crippen LogP contribution in [0.4, 0.5) is 13.2 Å². The zero-order valence-corrected chi connectivity index (χ0v) is 10.5. The summed E-state index contributed by atoms with van der Waals surface area (Å²) >= 11 is 0. The molecule has 0 aliphatic rings. The normalized spacial score (nSPS) is 14.8. The predicted octanol–water partition coefficient (Wildman–Crippen LogP) is 1.41. The number of nitrogens with one attached hydrogen (secondary N) is 1. The Balaban J connectivity index is 3.00. The maximum absolute atomic E-state index is 12.3. The molecule has 1 atom stereocenters. The molecule has 0 saturated heterocycles. The van der Waals surface area contributed by atoms with Gasteiger partial charge in [-0.15, -0.1) is 0 Å². The first-order chi connectivity index (χ1) is 8.79. The highest BCUT2D eigenvalue weighted by Gasteiger charge is 2.41. The monoisotopic (exact) mass is 277 g/mol. The molecule has 106 valence electrons. The predicted molar refractivity (Wildman–Crippen MR) is 60.1 cm³/mol. The van der Waals surface area contributed by atoms with Crippen LogP contribution in [-0.2, 0) is 15.1 Å². The highest BCUT2D eigenvalue weighted by molar-refractivity contribution is 5.81. The van der Waals surface area contributed by atoms with E-state index in [-0.39, 0.29) is 12.3 Å². The van der Waals surface area contributed by atoms with Crippen LogP contribution in [0.2, 0.25) is 0 Å². The average molecular weight is 277 g/mol. The first-order valence-electron chi connectivity index (χ1n) is 5.55. The molecular formula is C11H14F3N3O2. The van der Waals surface area contributed by atoms with E-state index in [1.54, 1.807) is 6.92 Å². The molecule has 8 heteroatoms. The maximum atomic E-state index is 12.3. The Kier molecular flexibility index (Phi) is 4.82. The number of carbonyl (C=O) groups is 1. The van der Waals surface area contributed by atoms with Crippen molar-refractivity contribution in [3.63, 3.8) is 0 Å². The van der Waals surface area contributed by atoms with E-state index in [2.05, 4.69) is 15.3 Å². The van der Waals surface area contributed by atoms with Crippen molar-refractivity contribution in [1.29, 1.82) is 0 Å². The second kappa shape index (κ2) is 5.96. The molecule has 0 saturated carbocycles. The van der Waals surface area contributed by atoms with Crippen LogP contribution >= 0.6 is 0 Å². The number of alkyl halides is 3. The van der Waals surface area contributed by atoms with E-state index in [1.807, 2.05) is 0 Å². The zero-order chi connectivity index (χ0) is 14.5. The van der Waals surface area contributed by atoms with E-state index in [9.17, 15) is 18.0 Å². The number of carbonyl (C=O) groups excluding carboxylic acids is 1. The summed E-state index contributed by atoms with van der Waals surface area (Å²) in [6.45, 7) is 1.57. The lowest BCUT2D eigenvalue weighted by atomic mass is 9.98. The number of esters is 1. The number of hydrogen-bond donors (Lipinski definition) is 1. The molecule has 0 bridgehead atoms. The second-order valence-electron chi connectivity index (χ2n) is 3.90. The van der Waals surface area contributed by atoms with Gasteiger partial charge in [-0.2, -0.15) is 13.2 Å². The van der Waals surface area contributed by atoms with Crippen LogP contribution in [0.15, 0.2) is 18.6 Å². The molecule has 0 radical (unpaired) electrons. The van der Waals surface area contributed by atoms with Crippen LogP contribution in [-0.4, -0.2) is 35.3 Å².